The zero-order valence-corrected chi connectivity index (χ0v) is 16.0. The van der Waals surface area contributed by atoms with Crippen LogP contribution < -0.4 is 10.1 Å². The third-order valence-electron chi connectivity index (χ3n) is 4.88. The molecule has 26 heavy (non-hydrogen) atoms. The summed E-state index contributed by atoms with van der Waals surface area (Å²) in [4.78, 5) is 12.3. The summed E-state index contributed by atoms with van der Waals surface area (Å²) in [6.07, 6.45) is 5.95. The van der Waals surface area contributed by atoms with Gasteiger partial charge in [0, 0.05) is 11.6 Å². The molecule has 0 heterocycles. The highest BCUT2D eigenvalue weighted by molar-refractivity contribution is 6.31. The Morgan fingerprint density at radius 1 is 1.15 bits per heavy atom. The van der Waals surface area contributed by atoms with E-state index in [1.165, 1.54) is 24.0 Å². The largest absolute Gasteiger partial charge is 0.481 e. The molecule has 0 bridgehead atoms. The van der Waals surface area contributed by atoms with E-state index in [0.717, 1.165) is 42.0 Å². The molecule has 0 saturated heterocycles. The van der Waals surface area contributed by atoms with Crippen LogP contribution >= 0.6 is 11.6 Å². The van der Waals surface area contributed by atoms with Crippen molar-refractivity contribution in [3.63, 3.8) is 0 Å². The van der Waals surface area contributed by atoms with Crippen LogP contribution in [0.5, 0.6) is 5.75 Å². The zero-order valence-electron chi connectivity index (χ0n) is 15.3. The van der Waals surface area contributed by atoms with Crippen molar-refractivity contribution in [3.05, 3.63) is 64.2 Å². The number of carbonyl (C=O) groups is 1. The van der Waals surface area contributed by atoms with Crippen molar-refractivity contribution in [1.29, 1.82) is 0 Å². The van der Waals surface area contributed by atoms with Crippen LogP contribution in [0.3, 0.4) is 0 Å². The molecule has 138 valence electrons. The van der Waals surface area contributed by atoms with Crippen LogP contribution in [-0.2, 0) is 24.1 Å². The topological polar surface area (TPSA) is 38.3 Å². The van der Waals surface area contributed by atoms with Crippen molar-refractivity contribution < 1.29 is 9.53 Å². The van der Waals surface area contributed by atoms with Gasteiger partial charge >= 0.3 is 0 Å². The molecule has 4 heteroatoms. The van der Waals surface area contributed by atoms with Crippen LogP contribution in [0.25, 0.3) is 0 Å². The Morgan fingerprint density at radius 3 is 2.73 bits per heavy atom. The summed E-state index contributed by atoms with van der Waals surface area (Å²) >= 11 is 6.15. The van der Waals surface area contributed by atoms with Crippen molar-refractivity contribution in [2.24, 2.45) is 0 Å². The van der Waals surface area contributed by atoms with Gasteiger partial charge in [0.1, 0.15) is 5.75 Å². The van der Waals surface area contributed by atoms with Crippen molar-refractivity contribution in [2.75, 3.05) is 6.54 Å². The lowest BCUT2D eigenvalue weighted by Crippen LogP contribution is -2.37. The SMILES string of the molecule is C[C@H](Oc1ccc2c(c1)CCCC2)C(=O)NCCCc1ccccc1Cl. The van der Waals surface area contributed by atoms with E-state index in [1.54, 1.807) is 6.92 Å². The number of aryl methyl sites for hydroxylation is 3. The van der Waals surface area contributed by atoms with Gasteiger partial charge in [0.05, 0.1) is 0 Å². The Balaban J connectivity index is 1.44. The minimum atomic E-state index is -0.503. The first-order valence-electron chi connectivity index (χ1n) is 9.43. The lowest BCUT2D eigenvalue weighted by Gasteiger charge is -2.19. The Hall–Kier alpha value is -2.00. The number of nitrogens with one attached hydrogen (secondary N) is 1. The monoisotopic (exact) mass is 371 g/mol. The highest BCUT2D eigenvalue weighted by Gasteiger charge is 2.16. The smallest absolute Gasteiger partial charge is 0.260 e. The summed E-state index contributed by atoms with van der Waals surface area (Å²) in [6.45, 7) is 2.41. The fraction of sp³-hybridized carbons (Fsp3) is 0.409. The molecule has 0 fully saturated rings. The first kappa shape index (κ1) is 18.8. The minimum absolute atomic E-state index is 0.0816. The van der Waals surface area contributed by atoms with Gasteiger partial charge in [-0.05, 0) is 80.3 Å². The first-order valence-corrected chi connectivity index (χ1v) is 9.81. The molecule has 0 saturated carbocycles. The molecule has 0 aliphatic heterocycles. The number of carbonyl (C=O) groups excluding carboxylic acids is 1. The Morgan fingerprint density at radius 2 is 1.92 bits per heavy atom. The van der Waals surface area contributed by atoms with Gasteiger partial charge in [-0.3, -0.25) is 4.79 Å². The second kappa shape index (κ2) is 9.09. The van der Waals surface area contributed by atoms with Crippen LogP contribution in [0.15, 0.2) is 42.5 Å². The third-order valence-corrected chi connectivity index (χ3v) is 5.25. The summed E-state index contributed by atoms with van der Waals surface area (Å²) in [5, 5.41) is 3.73. The Bertz CT molecular complexity index is 760. The van der Waals surface area contributed by atoms with E-state index in [1.807, 2.05) is 30.3 Å². The molecule has 0 spiro atoms. The van der Waals surface area contributed by atoms with Crippen molar-refractivity contribution in [1.82, 2.24) is 5.32 Å². The second-order valence-corrected chi connectivity index (χ2v) is 7.29. The maximum absolute atomic E-state index is 12.3. The number of hydrogen-bond donors (Lipinski definition) is 1. The maximum Gasteiger partial charge on any atom is 0.260 e. The number of rotatable bonds is 7. The number of hydrogen-bond acceptors (Lipinski definition) is 2. The maximum atomic E-state index is 12.3. The molecule has 1 N–H and O–H groups in total. The van der Waals surface area contributed by atoms with Crippen LogP contribution in [0.2, 0.25) is 5.02 Å². The number of fused-ring (bicyclic) bond motifs is 1. The number of halogens is 1. The van der Waals surface area contributed by atoms with Gasteiger partial charge in [-0.1, -0.05) is 35.9 Å². The van der Waals surface area contributed by atoms with Crippen molar-refractivity contribution in [2.45, 2.75) is 51.6 Å². The molecular formula is C22H26ClNO2. The lowest BCUT2D eigenvalue weighted by molar-refractivity contribution is -0.127. The minimum Gasteiger partial charge on any atom is -0.481 e. The molecule has 0 radical (unpaired) electrons. The number of benzene rings is 2. The third kappa shape index (κ3) is 5.01. The summed E-state index contributed by atoms with van der Waals surface area (Å²) in [5.41, 5.74) is 3.89. The molecule has 1 atom stereocenters. The lowest BCUT2D eigenvalue weighted by atomic mass is 9.92. The van der Waals surface area contributed by atoms with Gasteiger partial charge in [-0.15, -0.1) is 0 Å². The van der Waals surface area contributed by atoms with Gasteiger partial charge in [0.25, 0.3) is 5.91 Å². The number of amides is 1. The summed E-state index contributed by atoms with van der Waals surface area (Å²) in [7, 11) is 0. The van der Waals surface area contributed by atoms with E-state index >= 15 is 0 Å². The molecule has 2 aromatic carbocycles. The summed E-state index contributed by atoms with van der Waals surface area (Å²) in [6, 6.07) is 14.0. The van der Waals surface area contributed by atoms with Gasteiger partial charge in [0.15, 0.2) is 6.10 Å². The first-order chi connectivity index (χ1) is 12.6. The predicted octanol–water partition coefficient (Wildman–Crippen LogP) is 4.74. The normalized spacial score (nSPS) is 14.4. The van der Waals surface area contributed by atoms with E-state index in [0.29, 0.717) is 6.54 Å². The average molecular weight is 372 g/mol. The van der Waals surface area contributed by atoms with Crippen LogP contribution in [0.1, 0.15) is 42.9 Å². The van der Waals surface area contributed by atoms with Crippen molar-refractivity contribution in [3.8, 4) is 5.75 Å². The molecular weight excluding hydrogens is 346 g/mol. The molecule has 2 aromatic rings. The van der Waals surface area contributed by atoms with Gasteiger partial charge < -0.3 is 10.1 Å². The highest BCUT2D eigenvalue weighted by Crippen LogP contribution is 2.25. The second-order valence-electron chi connectivity index (χ2n) is 6.88. The standard InChI is InChI=1S/C22H26ClNO2/c1-16(26-20-13-12-17-7-2-3-9-19(17)15-20)22(25)24-14-6-10-18-8-4-5-11-21(18)23/h4-5,8,11-13,15-16H,2-3,6-7,9-10,14H2,1H3,(H,24,25)/t16-/m0/s1. The van der Waals surface area contributed by atoms with Gasteiger partial charge in [-0.2, -0.15) is 0 Å². The molecule has 1 amide bonds. The molecule has 3 rings (SSSR count). The summed E-state index contributed by atoms with van der Waals surface area (Å²) < 4.78 is 5.84. The Kier molecular flexibility index (Phi) is 6.56. The highest BCUT2D eigenvalue weighted by atomic mass is 35.5. The quantitative estimate of drug-likeness (QED) is 0.714. The van der Waals surface area contributed by atoms with E-state index in [-0.39, 0.29) is 5.91 Å². The van der Waals surface area contributed by atoms with E-state index < -0.39 is 6.10 Å². The molecule has 0 aromatic heterocycles. The Labute approximate surface area is 160 Å². The predicted molar refractivity (Wildman–Crippen MR) is 106 cm³/mol. The molecule has 1 aliphatic rings. The fourth-order valence-corrected chi connectivity index (χ4v) is 3.61. The van der Waals surface area contributed by atoms with Crippen LogP contribution in [0, 0.1) is 0 Å². The fourth-order valence-electron chi connectivity index (χ4n) is 3.38. The molecule has 3 nitrogen and oxygen atoms in total. The van der Waals surface area contributed by atoms with Gasteiger partial charge in [-0.25, -0.2) is 0 Å². The molecule has 1 aliphatic carbocycles. The average Bonchev–Trinajstić information content (AvgIpc) is 2.66. The summed E-state index contributed by atoms with van der Waals surface area (Å²) in [5.74, 6) is 0.700. The number of ether oxygens (including phenoxy) is 1. The van der Waals surface area contributed by atoms with Crippen LogP contribution in [-0.4, -0.2) is 18.6 Å². The van der Waals surface area contributed by atoms with E-state index in [4.69, 9.17) is 16.3 Å². The van der Waals surface area contributed by atoms with Gasteiger partial charge in [0.2, 0.25) is 0 Å². The van der Waals surface area contributed by atoms with E-state index in [9.17, 15) is 4.79 Å². The van der Waals surface area contributed by atoms with E-state index in [2.05, 4.69) is 17.4 Å². The van der Waals surface area contributed by atoms with Crippen LogP contribution in [0.4, 0.5) is 0 Å². The zero-order chi connectivity index (χ0) is 18.4. The van der Waals surface area contributed by atoms with Crippen molar-refractivity contribution >= 4 is 17.5 Å². The molecule has 0 unspecified atom stereocenters.